The third kappa shape index (κ3) is 3.83. The Morgan fingerprint density at radius 1 is 1.30 bits per heavy atom. The molecule has 0 aromatic heterocycles. The number of ether oxygens (including phenoxy) is 1. The largest absolute Gasteiger partial charge is 0.465 e. The fourth-order valence-electron chi connectivity index (χ4n) is 3.06. The Bertz CT molecular complexity index is 438. The molecule has 0 unspecified atom stereocenters. The van der Waals surface area contributed by atoms with Gasteiger partial charge in [0.1, 0.15) is 0 Å². The van der Waals surface area contributed by atoms with Crippen molar-refractivity contribution < 1.29 is 9.53 Å². The van der Waals surface area contributed by atoms with E-state index in [0.29, 0.717) is 11.6 Å². The van der Waals surface area contributed by atoms with Crippen molar-refractivity contribution in [2.75, 3.05) is 7.11 Å². The van der Waals surface area contributed by atoms with E-state index in [4.69, 9.17) is 4.74 Å². The molecule has 1 fully saturated rings. The predicted molar refractivity (Wildman–Crippen MR) is 80.7 cm³/mol. The Labute approximate surface area is 121 Å². The molecule has 0 amide bonds. The van der Waals surface area contributed by atoms with Crippen LogP contribution in [-0.2, 0) is 11.3 Å². The van der Waals surface area contributed by atoms with Crippen LogP contribution in [-0.4, -0.2) is 19.1 Å². The second-order valence-corrected chi connectivity index (χ2v) is 5.72. The first kappa shape index (κ1) is 15.0. The first-order chi connectivity index (χ1) is 9.72. The predicted octanol–water partition coefficient (Wildman–Crippen LogP) is 3.53. The quantitative estimate of drug-likeness (QED) is 0.835. The summed E-state index contributed by atoms with van der Waals surface area (Å²) in [5.74, 6) is 0.516. The summed E-state index contributed by atoms with van der Waals surface area (Å²) in [6.07, 6.45) is 6.75. The summed E-state index contributed by atoms with van der Waals surface area (Å²) in [6.45, 7) is 2.99. The highest BCUT2D eigenvalue weighted by Crippen LogP contribution is 2.26. The molecule has 2 rings (SSSR count). The molecule has 0 bridgehead atoms. The lowest BCUT2D eigenvalue weighted by molar-refractivity contribution is 0.0599. The van der Waals surface area contributed by atoms with Crippen molar-refractivity contribution in [3.05, 3.63) is 35.4 Å². The summed E-state index contributed by atoms with van der Waals surface area (Å²) in [4.78, 5) is 11.7. The third-order valence-corrected chi connectivity index (χ3v) is 4.39. The minimum atomic E-state index is -0.257. The number of carbonyl (C=O) groups is 1. The van der Waals surface area contributed by atoms with E-state index in [1.54, 1.807) is 0 Å². The van der Waals surface area contributed by atoms with Crippen LogP contribution in [0.4, 0.5) is 0 Å². The van der Waals surface area contributed by atoms with E-state index in [1.807, 2.05) is 24.3 Å². The van der Waals surface area contributed by atoms with Gasteiger partial charge in [0.25, 0.3) is 0 Å². The fourth-order valence-corrected chi connectivity index (χ4v) is 3.06. The van der Waals surface area contributed by atoms with E-state index in [9.17, 15) is 4.79 Å². The summed E-state index contributed by atoms with van der Waals surface area (Å²) in [7, 11) is 1.43. The Morgan fingerprint density at radius 3 is 2.70 bits per heavy atom. The van der Waals surface area contributed by atoms with Crippen LogP contribution in [0.5, 0.6) is 0 Å². The van der Waals surface area contributed by atoms with Crippen LogP contribution in [0.2, 0.25) is 0 Å². The maximum atomic E-state index is 11.7. The molecular formula is C17H25NO2. The van der Waals surface area contributed by atoms with E-state index >= 15 is 0 Å². The van der Waals surface area contributed by atoms with E-state index in [2.05, 4.69) is 12.2 Å². The van der Waals surface area contributed by atoms with Crippen molar-refractivity contribution in [1.29, 1.82) is 0 Å². The lowest BCUT2D eigenvalue weighted by Crippen LogP contribution is -2.34. The number of esters is 1. The van der Waals surface area contributed by atoms with Crippen molar-refractivity contribution in [3.63, 3.8) is 0 Å². The summed E-state index contributed by atoms with van der Waals surface area (Å²) < 4.78 is 4.83. The lowest BCUT2D eigenvalue weighted by Gasteiger charge is -2.28. The van der Waals surface area contributed by atoms with Crippen LogP contribution in [0.1, 0.15) is 54.9 Å². The van der Waals surface area contributed by atoms with Crippen molar-refractivity contribution in [2.45, 2.75) is 51.6 Å². The molecule has 0 saturated heterocycles. The molecule has 1 atom stereocenters. The average Bonchev–Trinajstić information content (AvgIpc) is 2.53. The van der Waals surface area contributed by atoms with Gasteiger partial charge >= 0.3 is 5.97 Å². The minimum absolute atomic E-state index is 0.257. The molecule has 3 heteroatoms. The zero-order valence-corrected chi connectivity index (χ0v) is 12.5. The SMILES string of the molecule is COC(=O)c1ccccc1CN[C@@H](C)C1CCCCC1. The van der Waals surface area contributed by atoms with Crippen LogP contribution < -0.4 is 5.32 Å². The molecule has 1 N–H and O–H groups in total. The van der Waals surface area contributed by atoms with Gasteiger partial charge in [-0.3, -0.25) is 0 Å². The molecule has 0 heterocycles. The maximum absolute atomic E-state index is 11.7. The maximum Gasteiger partial charge on any atom is 0.338 e. The van der Waals surface area contributed by atoms with Gasteiger partial charge in [0.2, 0.25) is 0 Å². The van der Waals surface area contributed by atoms with Crippen LogP contribution in [0, 0.1) is 5.92 Å². The molecule has 0 aliphatic heterocycles. The van der Waals surface area contributed by atoms with E-state index < -0.39 is 0 Å². The Kier molecular flexibility index (Phi) is 5.60. The molecule has 0 radical (unpaired) electrons. The zero-order chi connectivity index (χ0) is 14.4. The molecular weight excluding hydrogens is 250 g/mol. The van der Waals surface area contributed by atoms with Gasteiger partial charge in [-0.1, -0.05) is 37.5 Å². The smallest absolute Gasteiger partial charge is 0.338 e. The van der Waals surface area contributed by atoms with Crippen molar-refractivity contribution in [2.24, 2.45) is 5.92 Å². The van der Waals surface area contributed by atoms with Crippen LogP contribution >= 0.6 is 0 Å². The van der Waals surface area contributed by atoms with E-state index in [-0.39, 0.29) is 5.97 Å². The molecule has 0 spiro atoms. The molecule has 3 nitrogen and oxygen atoms in total. The van der Waals surface area contributed by atoms with E-state index in [0.717, 1.165) is 18.0 Å². The van der Waals surface area contributed by atoms with Gasteiger partial charge in [-0.05, 0) is 37.3 Å². The highest BCUT2D eigenvalue weighted by molar-refractivity contribution is 5.90. The number of benzene rings is 1. The standard InChI is InChI=1S/C17H25NO2/c1-13(14-8-4-3-5-9-14)18-12-15-10-6-7-11-16(15)17(19)20-2/h6-7,10-11,13-14,18H,3-5,8-9,12H2,1-2H3/t13-/m0/s1. The Morgan fingerprint density at radius 2 is 2.00 bits per heavy atom. The third-order valence-electron chi connectivity index (χ3n) is 4.39. The minimum Gasteiger partial charge on any atom is -0.465 e. The van der Waals surface area contributed by atoms with Gasteiger partial charge in [0.15, 0.2) is 0 Å². The number of hydrogen-bond donors (Lipinski definition) is 1. The zero-order valence-electron chi connectivity index (χ0n) is 12.5. The highest BCUT2D eigenvalue weighted by atomic mass is 16.5. The molecule has 1 saturated carbocycles. The summed E-state index contributed by atoms with van der Waals surface area (Å²) in [6, 6.07) is 8.16. The van der Waals surface area contributed by atoms with Gasteiger partial charge < -0.3 is 10.1 Å². The monoisotopic (exact) mass is 275 g/mol. The first-order valence-corrected chi connectivity index (χ1v) is 7.62. The van der Waals surface area contributed by atoms with Gasteiger partial charge in [-0.15, -0.1) is 0 Å². The number of methoxy groups -OCH3 is 1. The average molecular weight is 275 g/mol. The molecule has 1 aliphatic carbocycles. The fraction of sp³-hybridized carbons (Fsp3) is 0.588. The summed E-state index contributed by atoms with van der Waals surface area (Å²) in [5, 5.41) is 3.58. The van der Waals surface area contributed by atoms with Crippen molar-refractivity contribution in [3.8, 4) is 0 Å². The lowest BCUT2D eigenvalue weighted by atomic mass is 9.84. The molecule has 1 aliphatic rings. The second-order valence-electron chi connectivity index (χ2n) is 5.72. The van der Waals surface area contributed by atoms with Gasteiger partial charge in [-0.2, -0.15) is 0 Å². The highest BCUT2D eigenvalue weighted by Gasteiger charge is 2.20. The number of nitrogens with one attached hydrogen (secondary N) is 1. The van der Waals surface area contributed by atoms with Crippen molar-refractivity contribution in [1.82, 2.24) is 5.32 Å². The first-order valence-electron chi connectivity index (χ1n) is 7.62. The number of carbonyl (C=O) groups excluding carboxylic acids is 1. The molecule has 1 aromatic rings. The van der Waals surface area contributed by atoms with Crippen LogP contribution in [0.25, 0.3) is 0 Å². The summed E-state index contributed by atoms with van der Waals surface area (Å²) in [5.41, 5.74) is 1.68. The molecule has 110 valence electrons. The number of hydrogen-bond acceptors (Lipinski definition) is 3. The van der Waals surface area contributed by atoms with Crippen LogP contribution in [0.3, 0.4) is 0 Å². The van der Waals surface area contributed by atoms with Gasteiger partial charge in [-0.25, -0.2) is 4.79 Å². The normalized spacial score (nSPS) is 17.7. The van der Waals surface area contributed by atoms with Crippen LogP contribution in [0.15, 0.2) is 24.3 Å². The Balaban J connectivity index is 1.94. The second kappa shape index (κ2) is 7.44. The summed E-state index contributed by atoms with van der Waals surface area (Å²) >= 11 is 0. The Hall–Kier alpha value is -1.35. The van der Waals surface area contributed by atoms with Gasteiger partial charge in [0, 0.05) is 12.6 Å². The van der Waals surface area contributed by atoms with Gasteiger partial charge in [0.05, 0.1) is 12.7 Å². The number of rotatable bonds is 5. The molecule has 1 aromatic carbocycles. The van der Waals surface area contributed by atoms with E-state index in [1.165, 1.54) is 39.2 Å². The topological polar surface area (TPSA) is 38.3 Å². The van der Waals surface area contributed by atoms with Crippen molar-refractivity contribution >= 4 is 5.97 Å². The molecule has 20 heavy (non-hydrogen) atoms.